The van der Waals surface area contributed by atoms with Crippen molar-refractivity contribution in [3.63, 3.8) is 0 Å². The molecule has 9 heavy (non-hydrogen) atoms. The molecule has 0 aliphatic heterocycles. The van der Waals surface area contributed by atoms with Gasteiger partial charge in [-0.15, -0.1) is 5.10 Å². The van der Waals surface area contributed by atoms with Gasteiger partial charge in [0.1, 0.15) is 0 Å². The molecule has 0 aliphatic rings. The van der Waals surface area contributed by atoms with Gasteiger partial charge in [0.05, 0.1) is 11.9 Å². The Morgan fingerprint density at radius 1 is 1.56 bits per heavy atom. The minimum atomic E-state index is 0.400. The number of rotatable bonds is 1. The largest absolute Gasteiger partial charge is 0.396 e. The minimum absolute atomic E-state index is 0.400. The molecular weight excluding hydrogens is 118 g/mol. The van der Waals surface area contributed by atoms with Gasteiger partial charge in [-0.05, 0) is 6.07 Å². The second-order valence-corrected chi connectivity index (χ2v) is 1.48. The number of aromatic nitrogens is 2. The van der Waals surface area contributed by atoms with Gasteiger partial charge in [0, 0.05) is 0 Å². The molecule has 5 N–H and O–H groups in total. The van der Waals surface area contributed by atoms with Gasteiger partial charge < -0.3 is 11.2 Å². The smallest absolute Gasteiger partial charge is 0.185 e. The summed E-state index contributed by atoms with van der Waals surface area (Å²) in [5.41, 5.74) is 8.18. The summed E-state index contributed by atoms with van der Waals surface area (Å²) in [7, 11) is 0. The van der Waals surface area contributed by atoms with Crippen LogP contribution in [0.25, 0.3) is 0 Å². The SMILES string of the molecule is NNc1nnccc1N. The summed E-state index contributed by atoms with van der Waals surface area (Å²) in [6, 6.07) is 1.61. The number of hydrazine groups is 1. The van der Waals surface area contributed by atoms with Gasteiger partial charge in [0.2, 0.25) is 0 Å². The van der Waals surface area contributed by atoms with Crippen molar-refractivity contribution >= 4 is 11.5 Å². The van der Waals surface area contributed by atoms with E-state index in [1.54, 1.807) is 6.07 Å². The Morgan fingerprint density at radius 3 is 2.78 bits per heavy atom. The van der Waals surface area contributed by atoms with Crippen LogP contribution in [0.1, 0.15) is 0 Å². The van der Waals surface area contributed by atoms with Gasteiger partial charge in [-0.25, -0.2) is 5.84 Å². The third-order valence-electron chi connectivity index (χ3n) is 0.889. The average molecular weight is 125 g/mol. The molecule has 0 amide bonds. The number of nitrogen functional groups attached to an aromatic ring is 2. The van der Waals surface area contributed by atoms with E-state index in [1.165, 1.54) is 6.20 Å². The Kier molecular flexibility index (Phi) is 1.46. The summed E-state index contributed by atoms with van der Waals surface area (Å²) in [5.74, 6) is 5.42. The first-order valence-corrected chi connectivity index (χ1v) is 2.38. The highest BCUT2D eigenvalue weighted by Crippen LogP contribution is 2.08. The van der Waals surface area contributed by atoms with Crippen molar-refractivity contribution in [2.75, 3.05) is 11.2 Å². The summed E-state index contributed by atoms with van der Waals surface area (Å²) in [6.45, 7) is 0. The second-order valence-electron chi connectivity index (χ2n) is 1.48. The zero-order valence-electron chi connectivity index (χ0n) is 4.70. The van der Waals surface area contributed by atoms with Crippen LogP contribution in [0.2, 0.25) is 0 Å². The van der Waals surface area contributed by atoms with Gasteiger partial charge in [-0.1, -0.05) is 0 Å². The van der Waals surface area contributed by atoms with Crippen molar-refractivity contribution in [1.29, 1.82) is 0 Å². The van der Waals surface area contributed by atoms with Crippen LogP contribution >= 0.6 is 0 Å². The van der Waals surface area contributed by atoms with Crippen LogP contribution in [0, 0.1) is 0 Å². The second kappa shape index (κ2) is 2.27. The Labute approximate surface area is 52.0 Å². The lowest BCUT2D eigenvalue weighted by molar-refractivity contribution is 1.02. The molecule has 0 saturated carbocycles. The number of nitrogens with one attached hydrogen (secondary N) is 1. The van der Waals surface area contributed by atoms with Gasteiger partial charge in [0.15, 0.2) is 5.82 Å². The summed E-state index contributed by atoms with van der Waals surface area (Å²) in [6.07, 6.45) is 1.50. The fourth-order valence-corrected chi connectivity index (χ4v) is 0.454. The van der Waals surface area contributed by atoms with Crippen LogP contribution < -0.4 is 17.0 Å². The highest BCUT2D eigenvalue weighted by Gasteiger charge is 1.93. The third-order valence-corrected chi connectivity index (χ3v) is 0.889. The van der Waals surface area contributed by atoms with E-state index in [2.05, 4.69) is 15.6 Å². The summed E-state index contributed by atoms with van der Waals surface area (Å²) in [4.78, 5) is 0. The zero-order valence-corrected chi connectivity index (χ0v) is 4.70. The fourth-order valence-electron chi connectivity index (χ4n) is 0.454. The van der Waals surface area contributed by atoms with E-state index in [4.69, 9.17) is 11.6 Å². The van der Waals surface area contributed by atoms with Gasteiger partial charge >= 0.3 is 0 Å². The number of nitrogens with zero attached hydrogens (tertiary/aromatic N) is 2. The summed E-state index contributed by atoms with van der Waals surface area (Å²) >= 11 is 0. The number of hydrogen-bond donors (Lipinski definition) is 3. The summed E-state index contributed by atoms with van der Waals surface area (Å²) < 4.78 is 0. The van der Waals surface area contributed by atoms with Crippen LogP contribution in [0.15, 0.2) is 12.3 Å². The van der Waals surface area contributed by atoms with Crippen LogP contribution in [0.4, 0.5) is 11.5 Å². The monoisotopic (exact) mass is 125 g/mol. The van der Waals surface area contributed by atoms with E-state index in [0.29, 0.717) is 11.5 Å². The van der Waals surface area contributed by atoms with Gasteiger partial charge in [-0.3, -0.25) is 0 Å². The molecular formula is C4H7N5. The van der Waals surface area contributed by atoms with Crippen LogP contribution in [0.3, 0.4) is 0 Å². The fraction of sp³-hybridized carbons (Fsp3) is 0. The third kappa shape index (κ3) is 1.06. The number of nitrogens with two attached hydrogens (primary N) is 2. The highest BCUT2D eigenvalue weighted by molar-refractivity contribution is 5.58. The average Bonchev–Trinajstić information content (AvgIpc) is 1.89. The summed E-state index contributed by atoms with van der Waals surface area (Å²) in [5, 5.41) is 7.13. The molecule has 0 aliphatic carbocycles. The molecule has 1 heterocycles. The maximum atomic E-state index is 5.39. The van der Waals surface area contributed by atoms with E-state index in [-0.39, 0.29) is 0 Å². The van der Waals surface area contributed by atoms with Gasteiger partial charge in [-0.2, -0.15) is 5.10 Å². The molecule has 0 fully saturated rings. The lowest BCUT2D eigenvalue weighted by Crippen LogP contribution is -2.11. The van der Waals surface area contributed by atoms with Crippen molar-refractivity contribution in [2.24, 2.45) is 5.84 Å². The lowest BCUT2D eigenvalue weighted by Gasteiger charge is -1.98. The van der Waals surface area contributed by atoms with Crippen LogP contribution in [-0.4, -0.2) is 10.2 Å². The highest BCUT2D eigenvalue weighted by atomic mass is 15.3. The molecule has 0 unspecified atom stereocenters. The molecule has 0 atom stereocenters. The Hall–Kier alpha value is -1.36. The van der Waals surface area contributed by atoms with Crippen molar-refractivity contribution in [3.8, 4) is 0 Å². The zero-order chi connectivity index (χ0) is 6.69. The molecule has 1 aromatic heterocycles. The first-order chi connectivity index (χ1) is 4.34. The van der Waals surface area contributed by atoms with Crippen molar-refractivity contribution in [2.45, 2.75) is 0 Å². The normalized spacial score (nSPS) is 9.00. The molecule has 5 nitrogen and oxygen atoms in total. The standard InChI is InChI=1S/C4H7N5/c5-3-1-2-7-9-4(3)8-6/h1-2H,6H2,(H2,5,7)(H,8,9). The molecule has 48 valence electrons. The Balaban J connectivity index is 3.01. The predicted octanol–water partition coefficient (Wildman–Crippen LogP) is -0.656. The first-order valence-electron chi connectivity index (χ1n) is 2.38. The van der Waals surface area contributed by atoms with Gasteiger partial charge in [0.25, 0.3) is 0 Å². The number of anilines is 2. The van der Waals surface area contributed by atoms with E-state index in [1.807, 2.05) is 0 Å². The quantitative estimate of drug-likeness (QED) is 0.342. The molecule has 1 rings (SSSR count). The topological polar surface area (TPSA) is 89.8 Å². The molecule has 0 radical (unpaired) electrons. The van der Waals surface area contributed by atoms with E-state index >= 15 is 0 Å². The first kappa shape index (κ1) is 5.77. The van der Waals surface area contributed by atoms with Crippen LogP contribution in [-0.2, 0) is 0 Å². The lowest BCUT2D eigenvalue weighted by atomic mass is 10.4. The number of hydrogen-bond acceptors (Lipinski definition) is 5. The molecule has 5 heteroatoms. The Morgan fingerprint density at radius 2 is 2.33 bits per heavy atom. The molecule has 0 aromatic carbocycles. The predicted molar refractivity (Wildman–Crippen MR) is 34.3 cm³/mol. The van der Waals surface area contributed by atoms with Crippen molar-refractivity contribution in [3.05, 3.63) is 12.3 Å². The van der Waals surface area contributed by atoms with E-state index < -0.39 is 0 Å². The minimum Gasteiger partial charge on any atom is -0.396 e. The van der Waals surface area contributed by atoms with E-state index in [9.17, 15) is 0 Å². The maximum Gasteiger partial charge on any atom is 0.185 e. The van der Waals surface area contributed by atoms with Crippen LogP contribution in [0.5, 0.6) is 0 Å². The molecule has 0 saturated heterocycles. The van der Waals surface area contributed by atoms with Crippen molar-refractivity contribution in [1.82, 2.24) is 10.2 Å². The molecule has 0 bridgehead atoms. The molecule has 1 aromatic rings. The van der Waals surface area contributed by atoms with Crippen molar-refractivity contribution < 1.29 is 0 Å². The Bertz CT molecular complexity index is 198. The van der Waals surface area contributed by atoms with E-state index in [0.717, 1.165) is 0 Å². The maximum absolute atomic E-state index is 5.39. The molecule has 0 spiro atoms.